The molecule has 1 aromatic carbocycles. The van der Waals surface area contributed by atoms with Crippen molar-refractivity contribution in [3.05, 3.63) is 42.2 Å². The fraction of sp³-hybridized carbons (Fsp3) is 0.375. The average Bonchev–Trinajstić information content (AvgIpc) is 3.00. The summed E-state index contributed by atoms with van der Waals surface area (Å²) in [4.78, 5) is 12.2. The van der Waals surface area contributed by atoms with Crippen LogP contribution in [-0.4, -0.2) is 23.1 Å². The first kappa shape index (κ1) is 16.5. The lowest BCUT2D eigenvalue weighted by molar-refractivity contribution is 0.0888. The second-order valence-corrected chi connectivity index (χ2v) is 5.53. The molecule has 0 atom stereocenters. The van der Waals surface area contributed by atoms with Gasteiger partial charge in [0, 0.05) is 23.7 Å². The maximum Gasteiger partial charge on any atom is 0.290 e. The van der Waals surface area contributed by atoms with E-state index in [9.17, 15) is 4.79 Å². The van der Waals surface area contributed by atoms with Crippen LogP contribution in [0.3, 0.4) is 0 Å². The highest BCUT2D eigenvalue weighted by atomic mass is 35.5. The Kier molecular flexibility index (Phi) is 5.57. The van der Waals surface area contributed by atoms with E-state index in [0.29, 0.717) is 5.69 Å². The van der Waals surface area contributed by atoms with Crippen LogP contribution in [0.15, 0.2) is 40.9 Å². The molecule has 0 radical (unpaired) electrons. The third-order valence-corrected chi connectivity index (χ3v) is 3.91. The molecule has 3 N–H and O–H groups in total. The Labute approximate surface area is 135 Å². The van der Waals surface area contributed by atoms with Crippen LogP contribution < -0.4 is 11.1 Å². The molecular weight excluding hydrogens is 302 g/mol. The molecule has 0 aliphatic heterocycles. The lowest BCUT2D eigenvalue weighted by Crippen LogP contribution is -2.40. The molecule has 1 aliphatic rings. The molecule has 3 rings (SSSR count). The molecule has 0 unspecified atom stereocenters. The van der Waals surface area contributed by atoms with E-state index < -0.39 is 0 Å². The zero-order valence-electron chi connectivity index (χ0n) is 12.2. The van der Waals surface area contributed by atoms with Gasteiger partial charge >= 0.3 is 0 Å². The summed E-state index contributed by atoms with van der Waals surface area (Å²) in [6.07, 6.45) is 3.76. The van der Waals surface area contributed by atoms with Crippen LogP contribution in [0, 0.1) is 0 Å². The quantitative estimate of drug-likeness (QED) is 0.910. The second kappa shape index (κ2) is 7.42. The first-order valence-corrected chi connectivity index (χ1v) is 7.31. The van der Waals surface area contributed by atoms with E-state index in [0.717, 1.165) is 31.2 Å². The summed E-state index contributed by atoms with van der Waals surface area (Å²) >= 11 is 0. The van der Waals surface area contributed by atoms with Gasteiger partial charge in [0.1, 0.15) is 5.69 Å². The highest BCUT2D eigenvalue weighted by molar-refractivity contribution is 5.92. The summed E-state index contributed by atoms with van der Waals surface area (Å²) in [6.45, 7) is 0. The van der Waals surface area contributed by atoms with E-state index >= 15 is 0 Å². The fourth-order valence-electron chi connectivity index (χ4n) is 2.65. The van der Waals surface area contributed by atoms with Crippen LogP contribution in [0.5, 0.6) is 0 Å². The van der Waals surface area contributed by atoms with Crippen molar-refractivity contribution in [1.29, 1.82) is 0 Å². The van der Waals surface area contributed by atoms with Crippen molar-refractivity contribution in [2.75, 3.05) is 0 Å². The van der Waals surface area contributed by atoms with Crippen LogP contribution >= 0.6 is 12.4 Å². The van der Waals surface area contributed by atoms with Crippen molar-refractivity contribution in [3.8, 4) is 11.3 Å². The molecule has 1 heterocycles. The standard InChI is InChI=1S/C16H19N3O2.ClH/c17-12-6-8-13(9-7-12)18-16(20)15-10-14(19-21-15)11-4-2-1-3-5-11;/h1-5,10,12-13H,6-9,17H2,(H,18,20);1H. The number of rotatable bonds is 3. The monoisotopic (exact) mass is 321 g/mol. The SMILES string of the molecule is Cl.NC1CCC(NC(=O)c2cc(-c3ccccc3)no2)CC1. The molecule has 22 heavy (non-hydrogen) atoms. The number of hydrogen-bond acceptors (Lipinski definition) is 4. The van der Waals surface area contributed by atoms with Crippen LogP contribution in [-0.2, 0) is 0 Å². The summed E-state index contributed by atoms with van der Waals surface area (Å²) < 4.78 is 5.16. The average molecular weight is 322 g/mol. The molecule has 0 spiro atoms. The summed E-state index contributed by atoms with van der Waals surface area (Å²) in [7, 11) is 0. The maximum absolute atomic E-state index is 12.2. The second-order valence-electron chi connectivity index (χ2n) is 5.53. The Morgan fingerprint density at radius 1 is 1.18 bits per heavy atom. The number of amides is 1. The van der Waals surface area contributed by atoms with Gasteiger partial charge in [-0.15, -0.1) is 12.4 Å². The van der Waals surface area contributed by atoms with Crippen LogP contribution in [0.25, 0.3) is 11.3 Å². The highest BCUT2D eigenvalue weighted by Crippen LogP contribution is 2.20. The van der Waals surface area contributed by atoms with Gasteiger partial charge in [0.2, 0.25) is 5.76 Å². The van der Waals surface area contributed by atoms with E-state index in [1.807, 2.05) is 30.3 Å². The Morgan fingerprint density at radius 3 is 2.55 bits per heavy atom. The van der Waals surface area contributed by atoms with Gasteiger partial charge in [-0.1, -0.05) is 35.5 Å². The zero-order valence-corrected chi connectivity index (χ0v) is 13.0. The Hall–Kier alpha value is -1.85. The van der Waals surface area contributed by atoms with Crippen molar-refractivity contribution < 1.29 is 9.32 Å². The largest absolute Gasteiger partial charge is 0.350 e. The zero-order chi connectivity index (χ0) is 14.7. The number of benzene rings is 1. The van der Waals surface area contributed by atoms with E-state index in [2.05, 4.69) is 10.5 Å². The molecule has 5 nitrogen and oxygen atoms in total. The van der Waals surface area contributed by atoms with Gasteiger partial charge in [-0.3, -0.25) is 4.79 Å². The topological polar surface area (TPSA) is 81.1 Å². The molecule has 1 saturated carbocycles. The first-order chi connectivity index (χ1) is 10.2. The molecule has 6 heteroatoms. The highest BCUT2D eigenvalue weighted by Gasteiger charge is 2.22. The third-order valence-electron chi connectivity index (χ3n) is 3.91. The summed E-state index contributed by atoms with van der Waals surface area (Å²) in [5, 5.41) is 6.95. The summed E-state index contributed by atoms with van der Waals surface area (Å²) in [6, 6.07) is 11.8. The van der Waals surface area contributed by atoms with Crippen molar-refractivity contribution in [2.24, 2.45) is 5.73 Å². The normalized spacial score (nSPS) is 21.0. The molecule has 1 fully saturated rings. The Bertz CT molecular complexity index is 607. The van der Waals surface area contributed by atoms with Crippen molar-refractivity contribution in [3.63, 3.8) is 0 Å². The van der Waals surface area contributed by atoms with E-state index in [4.69, 9.17) is 10.3 Å². The van der Waals surface area contributed by atoms with Gasteiger partial charge < -0.3 is 15.6 Å². The minimum Gasteiger partial charge on any atom is -0.350 e. The number of hydrogen-bond donors (Lipinski definition) is 2. The number of nitrogens with zero attached hydrogens (tertiary/aromatic N) is 1. The number of nitrogens with one attached hydrogen (secondary N) is 1. The molecule has 2 aromatic rings. The Balaban J connectivity index is 0.00000176. The molecule has 118 valence electrons. The first-order valence-electron chi connectivity index (χ1n) is 7.31. The number of carbonyl (C=O) groups is 1. The molecule has 1 aliphatic carbocycles. The van der Waals surface area contributed by atoms with Gasteiger partial charge in [0.05, 0.1) is 0 Å². The maximum atomic E-state index is 12.2. The Morgan fingerprint density at radius 2 is 1.86 bits per heavy atom. The van der Waals surface area contributed by atoms with Gasteiger partial charge in [-0.25, -0.2) is 0 Å². The lowest BCUT2D eigenvalue weighted by atomic mass is 9.92. The van der Waals surface area contributed by atoms with Crippen molar-refractivity contribution in [2.45, 2.75) is 37.8 Å². The predicted octanol–water partition coefficient (Wildman–Crippen LogP) is 2.76. The minimum atomic E-state index is -0.204. The number of nitrogens with two attached hydrogens (primary N) is 1. The van der Waals surface area contributed by atoms with E-state index in [-0.39, 0.29) is 36.2 Å². The lowest BCUT2D eigenvalue weighted by Gasteiger charge is -2.26. The van der Waals surface area contributed by atoms with Gasteiger partial charge in [-0.2, -0.15) is 0 Å². The van der Waals surface area contributed by atoms with E-state index in [1.165, 1.54) is 0 Å². The summed E-state index contributed by atoms with van der Waals surface area (Å²) in [5.41, 5.74) is 7.47. The van der Waals surface area contributed by atoms with Gasteiger partial charge in [0.15, 0.2) is 0 Å². The smallest absolute Gasteiger partial charge is 0.290 e. The number of aromatic nitrogens is 1. The molecule has 0 saturated heterocycles. The molecular formula is C16H20ClN3O2. The van der Waals surface area contributed by atoms with Crippen molar-refractivity contribution in [1.82, 2.24) is 10.5 Å². The predicted molar refractivity (Wildman–Crippen MR) is 86.9 cm³/mol. The van der Waals surface area contributed by atoms with Crippen LogP contribution in [0.4, 0.5) is 0 Å². The van der Waals surface area contributed by atoms with Crippen LogP contribution in [0.2, 0.25) is 0 Å². The molecule has 0 bridgehead atoms. The summed E-state index contributed by atoms with van der Waals surface area (Å²) in [5.74, 6) is 0.0499. The van der Waals surface area contributed by atoms with Gasteiger partial charge in [0.25, 0.3) is 5.91 Å². The number of halogens is 1. The van der Waals surface area contributed by atoms with E-state index in [1.54, 1.807) is 6.07 Å². The number of carbonyl (C=O) groups excluding carboxylic acids is 1. The third kappa shape index (κ3) is 3.87. The molecule has 1 amide bonds. The van der Waals surface area contributed by atoms with Gasteiger partial charge in [-0.05, 0) is 25.7 Å². The van der Waals surface area contributed by atoms with Crippen LogP contribution in [0.1, 0.15) is 36.2 Å². The van der Waals surface area contributed by atoms with Crippen molar-refractivity contribution >= 4 is 18.3 Å². The molecule has 1 aromatic heterocycles. The minimum absolute atomic E-state index is 0. The fourth-order valence-corrected chi connectivity index (χ4v) is 2.65.